The van der Waals surface area contributed by atoms with E-state index < -0.39 is 0 Å². The Morgan fingerprint density at radius 3 is 2.95 bits per heavy atom. The van der Waals surface area contributed by atoms with Crippen LogP contribution in [-0.4, -0.2) is 26.7 Å². The number of oxime groups is 1. The van der Waals surface area contributed by atoms with Gasteiger partial charge >= 0.3 is 0 Å². The maximum atomic E-state index is 12.1. The molecule has 7 nitrogen and oxygen atoms in total. The van der Waals surface area contributed by atoms with Crippen LogP contribution in [0.2, 0.25) is 0 Å². The highest BCUT2D eigenvalue weighted by molar-refractivity contribution is 6.04. The minimum Gasteiger partial charge on any atom is -0.409 e. The number of carbonyl (C=O) groups is 1. The molecule has 4 N–H and O–H groups in total. The van der Waals surface area contributed by atoms with Gasteiger partial charge in [0, 0.05) is 7.05 Å². The Labute approximate surface area is 122 Å². The number of aromatic nitrogens is 2. The third-order valence-electron chi connectivity index (χ3n) is 3.03. The van der Waals surface area contributed by atoms with Crippen molar-refractivity contribution in [2.75, 3.05) is 5.32 Å². The summed E-state index contributed by atoms with van der Waals surface area (Å²) in [6.45, 7) is 1.97. The van der Waals surface area contributed by atoms with Crippen molar-refractivity contribution in [3.8, 4) is 0 Å². The van der Waals surface area contributed by atoms with E-state index in [1.807, 2.05) is 31.2 Å². The van der Waals surface area contributed by atoms with Gasteiger partial charge in [0.25, 0.3) is 0 Å². The SMILES string of the molecule is Cc1cccc(CC(=O)Nc2c(C(N)=NO)cnn2C)c1. The van der Waals surface area contributed by atoms with E-state index in [9.17, 15) is 4.79 Å². The normalized spacial score (nSPS) is 11.4. The third-order valence-corrected chi connectivity index (χ3v) is 3.03. The Morgan fingerprint density at radius 1 is 1.52 bits per heavy atom. The highest BCUT2D eigenvalue weighted by Crippen LogP contribution is 2.14. The van der Waals surface area contributed by atoms with Crippen molar-refractivity contribution in [1.29, 1.82) is 0 Å². The summed E-state index contributed by atoms with van der Waals surface area (Å²) in [5, 5.41) is 18.4. The van der Waals surface area contributed by atoms with E-state index in [-0.39, 0.29) is 18.2 Å². The molecule has 2 aromatic rings. The fraction of sp³-hybridized carbons (Fsp3) is 0.214. The van der Waals surface area contributed by atoms with Crippen LogP contribution >= 0.6 is 0 Å². The van der Waals surface area contributed by atoms with Crippen molar-refractivity contribution in [3.05, 3.63) is 47.2 Å². The van der Waals surface area contributed by atoms with Crippen LogP contribution in [0.3, 0.4) is 0 Å². The fourth-order valence-electron chi connectivity index (χ4n) is 2.01. The van der Waals surface area contributed by atoms with Crippen LogP contribution in [-0.2, 0) is 18.3 Å². The van der Waals surface area contributed by atoms with Gasteiger partial charge in [0.15, 0.2) is 5.84 Å². The quantitative estimate of drug-likeness (QED) is 0.337. The number of amides is 1. The van der Waals surface area contributed by atoms with Crippen molar-refractivity contribution in [3.63, 3.8) is 0 Å². The lowest BCUT2D eigenvalue weighted by Gasteiger charge is -2.08. The Hall–Kier alpha value is -2.83. The van der Waals surface area contributed by atoms with Crippen molar-refractivity contribution in [2.24, 2.45) is 17.9 Å². The summed E-state index contributed by atoms with van der Waals surface area (Å²) >= 11 is 0. The molecule has 0 fully saturated rings. The van der Waals surface area contributed by atoms with Gasteiger partial charge in [0.05, 0.1) is 18.2 Å². The number of nitrogens with one attached hydrogen (secondary N) is 1. The highest BCUT2D eigenvalue weighted by atomic mass is 16.4. The summed E-state index contributed by atoms with van der Waals surface area (Å²) in [7, 11) is 1.66. The number of nitrogens with two attached hydrogens (primary N) is 1. The standard InChI is InChI=1S/C14H17N5O2/c1-9-4-3-5-10(6-9)7-12(20)17-14-11(13(15)18-21)8-16-19(14)2/h3-6,8,21H,7H2,1-2H3,(H2,15,18)(H,17,20). The molecule has 0 aliphatic carbocycles. The molecule has 0 aliphatic rings. The Balaban J connectivity index is 2.15. The summed E-state index contributed by atoms with van der Waals surface area (Å²) in [4.78, 5) is 12.1. The molecule has 0 saturated heterocycles. The second-order valence-electron chi connectivity index (χ2n) is 4.73. The van der Waals surface area contributed by atoms with Crippen molar-refractivity contribution in [2.45, 2.75) is 13.3 Å². The zero-order chi connectivity index (χ0) is 15.4. The molecule has 0 bridgehead atoms. The number of amidine groups is 1. The minimum absolute atomic E-state index is 0.103. The Morgan fingerprint density at radius 2 is 2.29 bits per heavy atom. The third kappa shape index (κ3) is 3.38. The van der Waals surface area contributed by atoms with Gasteiger partial charge in [-0.1, -0.05) is 35.0 Å². The van der Waals surface area contributed by atoms with E-state index in [1.54, 1.807) is 7.05 Å². The van der Waals surface area contributed by atoms with Gasteiger partial charge in [0.2, 0.25) is 5.91 Å². The Bertz CT molecular complexity index is 690. The van der Waals surface area contributed by atoms with E-state index in [0.29, 0.717) is 11.4 Å². The molecule has 0 atom stereocenters. The molecule has 1 aromatic heterocycles. The topological polar surface area (TPSA) is 106 Å². The molecule has 1 amide bonds. The first-order chi connectivity index (χ1) is 10.0. The average Bonchev–Trinajstić information content (AvgIpc) is 2.79. The lowest BCUT2D eigenvalue weighted by atomic mass is 10.1. The first-order valence-electron chi connectivity index (χ1n) is 6.36. The van der Waals surface area contributed by atoms with Gasteiger partial charge in [-0.15, -0.1) is 0 Å². The molecule has 0 unspecified atom stereocenters. The molecule has 1 aromatic carbocycles. The minimum atomic E-state index is -0.198. The number of hydrogen-bond acceptors (Lipinski definition) is 4. The van der Waals surface area contributed by atoms with Crippen LogP contribution in [0.1, 0.15) is 16.7 Å². The number of anilines is 1. The maximum Gasteiger partial charge on any atom is 0.229 e. The fourth-order valence-corrected chi connectivity index (χ4v) is 2.01. The second-order valence-corrected chi connectivity index (χ2v) is 4.73. The first kappa shape index (κ1) is 14.6. The zero-order valence-electron chi connectivity index (χ0n) is 11.9. The van der Waals surface area contributed by atoms with Crippen LogP contribution in [0.5, 0.6) is 0 Å². The maximum absolute atomic E-state index is 12.1. The van der Waals surface area contributed by atoms with Gasteiger partial charge < -0.3 is 16.3 Å². The van der Waals surface area contributed by atoms with Gasteiger partial charge in [-0.2, -0.15) is 5.10 Å². The summed E-state index contributed by atoms with van der Waals surface area (Å²) in [6, 6.07) is 7.72. The lowest BCUT2D eigenvalue weighted by Crippen LogP contribution is -2.21. The summed E-state index contributed by atoms with van der Waals surface area (Å²) in [5.41, 5.74) is 7.94. The first-order valence-corrected chi connectivity index (χ1v) is 6.36. The number of rotatable bonds is 4. The highest BCUT2D eigenvalue weighted by Gasteiger charge is 2.15. The molecule has 110 valence electrons. The van der Waals surface area contributed by atoms with Crippen molar-refractivity contribution in [1.82, 2.24) is 9.78 Å². The average molecular weight is 287 g/mol. The van der Waals surface area contributed by atoms with Crippen LogP contribution in [0.25, 0.3) is 0 Å². The molecule has 7 heteroatoms. The number of benzene rings is 1. The molecule has 0 saturated carbocycles. The predicted octanol–water partition coefficient (Wildman–Crippen LogP) is 1.00. The van der Waals surface area contributed by atoms with E-state index in [2.05, 4.69) is 15.6 Å². The number of carbonyl (C=O) groups excluding carboxylic acids is 1. The van der Waals surface area contributed by atoms with Crippen LogP contribution in [0.4, 0.5) is 5.82 Å². The van der Waals surface area contributed by atoms with E-state index in [0.717, 1.165) is 11.1 Å². The van der Waals surface area contributed by atoms with Crippen molar-refractivity contribution < 1.29 is 10.0 Å². The molecule has 0 radical (unpaired) electrons. The van der Waals surface area contributed by atoms with E-state index in [4.69, 9.17) is 10.9 Å². The smallest absolute Gasteiger partial charge is 0.229 e. The number of nitrogens with zero attached hydrogens (tertiary/aromatic N) is 3. The molecular formula is C14H17N5O2. The summed E-state index contributed by atoms with van der Waals surface area (Å²) in [5.74, 6) is 0.0908. The van der Waals surface area contributed by atoms with E-state index in [1.165, 1.54) is 10.9 Å². The molecule has 0 spiro atoms. The second kappa shape index (κ2) is 6.08. The molecule has 1 heterocycles. The number of hydrogen-bond donors (Lipinski definition) is 3. The summed E-state index contributed by atoms with van der Waals surface area (Å²) < 4.78 is 1.46. The Kier molecular flexibility index (Phi) is 4.22. The van der Waals surface area contributed by atoms with Gasteiger partial charge in [-0.05, 0) is 12.5 Å². The van der Waals surface area contributed by atoms with Gasteiger partial charge in [-0.3, -0.25) is 9.48 Å². The molecular weight excluding hydrogens is 270 g/mol. The predicted molar refractivity (Wildman–Crippen MR) is 79.2 cm³/mol. The van der Waals surface area contributed by atoms with Gasteiger partial charge in [0.1, 0.15) is 5.82 Å². The molecule has 0 aliphatic heterocycles. The number of aryl methyl sites for hydroxylation is 2. The lowest BCUT2D eigenvalue weighted by molar-refractivity contribution is -0.115. The monoisotopic (exact) mass is 287 g/mol. The molecule has 2 rings (SSSR count). The largest absolute Gasteiger partial charge is 0.409 e. The van der Waals surface area contributed by atoms with E-state index >= 15 is 0 Å². The van der Waals surface area contributed by atoms with Crippen LogP contribution < -0.4 is 11.1 Å². The van der Waals surface area contributed by atoms with Crippen molar-refractivity contribution >= 4 is 17.6 Å². The molecule has 21 heavy (non-hydrogen) atoms. The zero-order valence-corrected chi connectivity index (χ0v) is 11.9. The van der Waals surface area contributed by atoms with Gasteiger partial charge in [-0.25, -0.2) is 0 Å². The van der Waals surface area contributed by atoms with Crippen LogP contribution in [0.15, 0.2) is 35.6 Å². The summed E-state index contributed by atoms with van der Waals surface area (Å²) in [6.07, 6.45) is 1.67. The van der Waals surface area contributed by atoms with Crippen LogP contribution in [0, 0.1) is 6.92 Å².